The number of phenolic OH excluding ortho intramolecular Hbond substituents is 1. The molecular weight excluding hydrogens is 889 g/mol. The number of fused-ring (bicyclic) bond motifs is 6. The number of pyridine rings is 1. The van der Waals surface area contributed by atoms with Gasteiger partial charge in [-0.15, -0.1) is 0 Å². The summed E-state index contributed by atoms with van der Waals surface area (Å²) in [6, 6.07) is 11.6. The lowest BCUT2D eigenvalue weighted by Gasteiger charge is -2.38. The third-order valence-electron chi connectivity index (χ3n) is 15.7. The van der Waals surface area contributed by atoms with Crippen molar-refractivity contribution in [2.45, 2.75) is 134 Å². The van der Waals surface area contributed by atoms with Crippen LogP contribution in [0.5, 0.6) is 5.75 Å². The monoisotopic (exact) mass is 959 g/mol. The second-order valence-electron chi connectivity index (χ2n) is 21.4. The molecule has 2 saturated carbocycles. The third kappa shape index (κ3) is 9.91. The number of amides is 4. The second kappa shape index (κ2) is 19.7. The Balaban J connectivity index is 1.08. The molecule has 16 nitrogen and oxygen atoms in total. The Labute approximate surface area is 410 Å². The van der Waals surface area contributed by atoms with Crippen LogP contribution in [0.1, 0.15) is 102 Å². The summed E-state index contributed by atoms with van der Waals surface area (Å²) in [7, 11) is 6.97. The molecule has 6 bridgehead atoms. The summed E-state index contributed by atoms with van der Waals surface area (Å²) in [5.74, 6) is -1.58. The van der Waals surface area contributed by atoms with E-state index in [0.29, 0.717) is 30.7 Å². The van der Waals surface area contributed by atoms with E-state index >= 15 is 0 Å². The molecule has 4 fully saturated rings. The van der Waals surface area contributed by atoms with Crippen LogP contribution in [0.3, 0.4) is 0 Å². The van der Waals surface area contributed by atoms with Crippen molar-refractivity contribution in [1.82, 2.24) is 40.4 Å². The van der Waals surface area contributed by atoms with Crippen LogP contribution in [0.2, 0.25) is 0 Å². The number of aryl methyl sites for hydroxylation is 1. The number of rotatable bonds is 11. The average molecular weight is 959 g/mol. The summed E-state index contributed by atoms with van der Waals surface area (Å²) >= 11 is 0. The van der Waals surface area contributed by atoms with Crippen LogP contribution < -0.4 is 16.1 Å². The van der Waals surface area contributed by atoms with Crippen molar-refractivity contribution < 1.29 is 38.6 Å². The Bertz CT molecular complexity index is 2670. The number of ether oxygens (including phenoxy) is 2. The molecule has 16 heteroatoms. The molecular formula is C54H70N8O8. The SMILES string of the molecule is CO[C@@H](C)c1ncccc1-c1c2c3cc(ccc3n1C)-c1cc(O)cc(c1)C[C@H](NC(=O)[C@H](C1CCCC1)N(C)C(=O)[C@H](C)N(C)C(=O)[C@@H]1N[C@@H]1C1CC1)C(=O)N1CCC[C@H](N1)C(=O)OCC(C)(C)C2. The van der Waals surface area contributed by atoms with Gasteiger partial charge in [0, 0.05) is 75.3 Å². The quantitative estimate of drug-likeness (QED) is 0.108. The molecule has 374 valence electrons. The minimum absolute atomic E-state index is 0.00284. The van der Waals surface area contributed by atoms with E-state index in [1.807, 2.05) is 32.2 Å². The molecule has 4 aromatic rings. The first kappa shape index (κ1) is 49.2. The number of cyclic esters (lactones) is 1. The van der Waals surface area contributed by atoms with Crippen LogP contribution in [0.25, 0.3) is 33.3 Å². The van der Waals surface area contributed by atoms with Crippen LogP contribution in [0, 0.1) is 17.3 Å². The smallest absolute Gasteiger partial charge is 0.324 e. The number of nitrogens with one attached hydrogen (secondary N) is 3. The third-order valence-corrected chi connectivity index (χ3v) is 15.7. The number of carbonyl (C=O) groups is 5. The van der Waals surface area contributed by atoms with Crippen molar-refractivity contribution >= 4 is 40.5 Å². The number of phenols is 1. The van der Waals surface area contributed by atoms with Crippen LogP contribution in [-0.4, -0.2) is 130 Å². The Kier molecular flexibility index (Phi) is 13.9. The van der Waals surface area contributed by atoms with E-state index < -0.39 is 47.4 Å². The number of hydrogen-bond acceptors (Lipinski definition) is 11. The molecule has 3 aliphatic heterocycles. The number of esters is 1. The maximum absolute atomic E-state index is 15.0. The molecule has 70 heavy (non-hydrogen) atoms. The van der Waals surface area contributed by atoms with Gasteiger partial charge in [0.1, 0.15) is 36.0 Å². The lowest BCUT2D eigenvalue weighted by molar-refractivity contribution is -0.155. The van der Waals surface area contributed by atoms with E-state index in [2.05, 4.69) is 52.7 Å². The van der Waals surface area contributed by atoms with Gasteiger partial charge >= 0.3 is 5.97 Å². The fourth-order valence-corrected chi connectivity index (χ4v) is 11.4. The molecule has 0 radical (unpaired) electrons. The lowest BCUT2D eigenvalue weighted by Crippen LogP contribution is -2.62. The number of methoxy groups -OCH3 is 1. The van der Waals surface area contributed by atoms with E-state index in [1.54, 1.807) is 46.5 Å². The number of hydrazine groups is 1. The number of carbonyl (C=O) groups excluding carboxylic acids is 5. The molecule has 0 unspecified atom stereocenters. The van der Waals surface area contributed by atoms with Crippen LogP contribution in [-0.2, 0) is 53.3 Å². The van der Waals surface area contributed by atoms with Crippen molar-refractivity contribution in [3.05, 3.63) is 71.5 Å². The van der Waals surface area contributed by atoms with Gasteiger partial charge in [-0.05, 0) is 129 Å². The highest BCUT2D eigenvalue weighted by molar-refractivity contribution is 5.97. The largest absolute Gasteiger partial charge is 0.508 e. The number of benzene rings is 2. The topological polar surface area (TPSA) is 198 Å². The van der Waals surface area contributed by atoms with E-state index in [1.165, 1.54) is 14.8 Å². The zero-order chi connectivity index (χ0) is 49.8. The molecule has 7 atom stereocenters. The van der Waals surface area contributed by atoms with Crippen molar-refractivity contribution in [3.63, 3.8) is 0 Å². The van der Waals surface area contributed by atoms with Gasteiger partial charge in [0.05, 0.1) is 24.1 Å². The van der Waals surface area contributed by atoms with Gasteiger partial charge in [0.2, 0.25) is 17.7 Å². The molecule has 2 aliphatic carbocycles. The number of likely N-dealkylation sites (N-methyl/N-ethyl adjacent to an activating group) is 2. The first-order chi connectivity index (χ1) is 33.4. The van der Waals surface area contributed by atoms with Crippen molar-refractivity contribution in [1.29, 1.82) is 0 Å². The van der Waals surface area contributed by atoms with Gasteiger partial charge in [-0.3, -0.25) is 39.3 Å². The van der Waals surface area contributed by atoms with Crippen LogP contribution in [0.15, 0.2) is 54.7 Å². The number of aromatic nitrogens is 2. The van der Waals surface area contributed by atoms with Crippen molar-refractivity contribution in [3.8, 4) is 28.1 Å². The van der Waals surface area contributed by atoms with Gasteiger partial charge in [0.25, 0.3) is 5.91 Å². The van der Waals surface area contributed by atoms with Gasteiger partial charge in [-0.2, -0.15) is 0 Å². The van der Waals surface area contributed by atoms with Crippen LogP contribution >= 0.6 is 0 Å². The number of aromatic hydroxyl groups is 1. The van der Waals surface area contributed by atoms with Gasteiger partial charge < -0.3 is 34.3 Å². The van der Waals surface area contributed by atoms with E-state index in [-0.39, 0.29) is 61.2 Å². The predicted molar refractivity (Wildman–Crippen MR) is 265 cm³/mol. The minimum Gasteiger partial charge on any atom is -0.508 e. The van der Waals surface area contributed by atoms with E-state index in [9.17, 15) is 29.1 Å². The summed E-state index contributed by atoms with van der Waals surface area (Å²) in [6.07, 6.45) is 8.43. The molecule has 2 aromatic heterocycles. The van der Waals surface area contributed by atoms with E-state index in [4.69, 9.17) is 14.5 Å². The molecule has 2 aromatic carbocycles. The summed E-state index contributed by atoms with van der Waals surface area (Å²) < 4.78 is 14.1. The summed E-state index contributed by atoms with van der Waals surface area (Å²) in [4.78, 5) is 79.4. The van der Waals surface area contributed by atoms with Gasteiger partial charge in [-0.25, -0.2) is 5.43 Å². The molecule has 4 N–H and O–H groups in total. The second-order valence-corrected chi connectivity index (χ2v) is 21.4. The van der Waals surface area contributed by atoms with Gasteiger partial charge in [0.15, 0.2) is 0 Å². The molecule has 0 spiro atoms. The molecule has 5 heterocycles. The summed E-state index contributed by atoms with van der Waals surface area (Å²) in [6.45, 7) is 8.20. The Morgan fingerprint density at radius 1 is 0.971 bits per heavy atom. The highest BCUT2D eigenvalue weighted by Crippen LogP contribution is 2.43. The van der Waals surface area contributed by atoms with Crippen molar-refractivity contribution in [2.24, 2.45) is 24.3 Å². The average Bonchev–Trinajstić information content (AvgIpc) is 4.28. The van der Waals surface area contributed by atoms with Crippen LogP contribution in [0.4, 0.5) is 0 Å². The highest BCUT2D eigenvalue weighted by Gasteiger charge is 2.52. The number of nitrogens with zero attached hydrogens (tertiary/aromatic N) is 5. The highest BCUT2D eigenvalue weighted by atomic mass is 16.5. The van der Waals surface area contributed by atoms with Gasteiger partial charge in [-0.1, -0.05) is 38.8 Å². The molecule has 9 rings (SSSR count). The predicted octanol–water partition coefficient (Wildman–Crippen LogP) is 5.58. The Hall–Kier alpha value is -5.84. The fraction of sp³-hybridized carbons (Fsp3) is 0.556. The first-order valence-corrected chi connectivity index (χ1v) is 25.2. The maximum atomic E-state index is 15.0. The first-order valence-electron chi connectivity index (χ1n) is 25.2. The normalized spacial score (nSPS) is 24.0. The number of hydrogen-bond donors (Lipinski definition) is 4. The Morgan fingerprint density at radius 3 is 2.46 bits per heavy atom. The summed E-state index contributed by atoms with van der Waals surface area (Å²) in [5, 5.41) is 20.2. The molecule has 2 saturated heterocycles. The standard InChI is InChI=1S/C54H70N8O8/c1-30(59(5)52(67)46-45(57-46)33-17-18-33)50(65)61(7)47(34-13-9-10-14-34)49(64)56-42-25-32-23-36(26-37(63)24-32)35-19-20-43-39(27-35)40(48(60(43)6)38-15-11-21-55-44(38)31(2)69-8)28-54(3,4)29-70-53(68)41-16-12-22-62(58-41)51(42)66/h11,15,19-21,23-24,26-27,30-31,33-34,41-42,45-47,57-58,63H,9-10,12-14,16-18,22,25,28-29H2,1-8H3,(H,56,64)/t30-,31-,41-,42-,45+,46+,47-/m0/s1. The van der Waals surface area contributed by atoms with Crippen molar-refractivity contribution in [2.75, 3.05) is 34.4 Å². The minimum atomic E-state index is -1.16. The maximum Gasteiger partial charge on any atom is 0.324 e. The molecule has 5 aliphatic rings. The molecule has 4 amide bonds. The van der Waals surface area contributed by atoms with E-state index in [0.717, 1.165) is 83.1 Å². The zero-order valence-corrected chi connectivity index (χ0v) is 41.9. The lowest BCUT2D eigenvalue weighted by atomic mass is 9.84. The zero-order valence-electron chi connectivity index (χ0n) is 41.9. The fourth-order valence-electron chi connectivity index (χ4n) is 11.4. The Morgan fingerprint density at radius 2 is 1.73 bits per heavy atom. The summed E-state index contributed by atoms with van der Waals surface area (Å²) in [5.41, 5.74) is 9.48.